The molecule has 5 rings (SSSR count). The van der Waals surface area contributed by atoms with E-state index in [1.807, 2.05) is 6.07 Å². The van der Waals surface area contributed by atoms with Crippen LogP contribution in [0.25, 0.3) is 11.4 Å². The Hall–Kier alpha value is -3.57. The molecule has 1 aliphatic rings. The monoisotopic (exact) mass is 509 g/mol. The molecule has 1 unspecified atom stereocenters. The van der Waals surface area contributed by atoms with Crippen LogP contribution in [-0.4, -0.2) is 21.2 Å². The lowest BCUT2D eigenvalue weighted by Crippen LogP contribution is -2.30. The Bertz CT molecular complexity index is 1290. The highest BCUT2D eigenvalue weighted by molar-refractivity contribution is 5.56. The van der Waals surface area contributed by atoms with Crippen LogP contribution in [0.5, 0.6) is 11.5 Å². The fraction of sp³-hybridized carbons (Fsp3) is 0.364. The minimum Gasteiger partial charge on any atom is -0.454 e. The minimum absolute atomic E-state index is 0.238. The van der Waals surface area contributed by atoms with Gasteiger partial charge in [0, 0.05) is 25.2 Å². The Morgan fingerprint density at radius 1 is 0.816 bits per heavy atom. The Balaban J connectivity index is 1.55. The van der Waals surface area contributed by atoms with E-state index in [0.29, 0.717) is 6.79 Å². The van der Waals surface area contributed by atoms with Gasteiger partial charge in [-0.05, 0) is 36.1 Å². The van der Waals surface area contributed by atoms with E-state index in [1.54, 1.807) is 0 Å². The summed E-state index contributed by atoms with van der Waals surface area (Å²) in [6.45, 7) is 7.49. The van der Waals surface area contributed by atoms with Crippen LogP contribution in [0, 0.1) is 0 Å². The van der Waals surface area contributed by atoms with Crippen molar-refractivity contribution in [2.75, 3.05) is 6.79 Å². The smallest absolute Gasteiger partial charge is 0.231 e. The van der Waals surface area contributed by atoms with E-state index < -0.39 is 0 Å². The minimum atomic E-state index is 0.238. The Kier molecular flexibility index (Phi) is 8.77. The largest absolute Gasteiger partial charge is 0.454 e. The maximum absolute atomic E-state index is 5.71. The van der Waals surface area contributed by atoms with Gasteiger partial charge in [0.2, 0.25) is 6.79 Å². The number of ether oxygens (including phenoxy) is 2. The standard InChI is InChI=1S/C33H39N3O2/c1-3-5-17-29(30-22-34-33(36(30)20-6-4-2)28-15-11-8-12-16-28)35(23-26-13-9-7-10-14-26)24-27-18-19-31-32(21-27)38-25-37-31/h7-16,18-19,21-22,29H,3-6,17,20,23-25H2,1-2H3. The molecule has 0 radical (unpaired) electrons. The molecule has 4 aromatic rings. The number of rotatable bonds is 13. The molecule has 0 bridgehead atoms. The van der Waals surface area contributed by atoms with E-state index >= 15 is 0 Å². The zero-order chi connectivity index (χ0) is 26.2. The summed E-state index contributed by atoms with van der Waals surface area (Å²) in [6, 6.07) is 28.0. The van der Waals surface area contributed by atoms with Crippen molar-refractivity contribution in [1.82, 2.24) is 14.5 Å². The molecule has 0 fully saturated rings. The van der Waals surface area contributed by atoms with Crippen LogP contribution in [0.2, 0.25) is 0 Å². The van der Waals surface area contributed by atoms with Crippen LogP contribution in [-0.2, 0) is 19.6 Å². The second-order valence-corrected chi connectivity index (χ2v) is 10.1. The number of nitrogens with zero attached hydrogens (tertiary/aromatic N) is 3. The first kappa shape index (κ1) is 26.1. The van der Waals surface area contributed by atoms with E-state index in [1.165, 1.54) is 22.4 Å². The zero-order valence-electron chi connectivity index (χ0n) is 22.7. The van der Waals surface area contributed by atoms with Gasteiger partial charge in [-0.3, -0.25) is 4.90 Å². The van der Waals surface area contributed by atoms with Crippen LogP contribution in [0.3, 0.4) is 0 Å². The van der Waals surface area contributed by atoms with Gasteiger partial charge in [-0.1, -0.05) is 99.8 Å². The highest BCUT2D eigenvalue weighted by Crippen LogP contribution is 2.36. The van der Waals surface area contributed by atoms with Crippen LogP contribution in [0.15, 0.2) is 85.1 Å². The highest BCUT2D eigenvalue weighted by atomic mass is 16.7. The normalized spacial score (nSPS) is 13.2. The molecule has 1 aliphatic heterocycles. The fourth-order valence-corrected chi connectivity index (χ4v) is 5.31. The number of aromatic nitrogens is 2. The van der Waals surface area contributed by atoms with Crippen molar-refractivity contribution >= 4 is 0 Å². The Labute approximate surface area is 227 Å². The summed E-state index contributed by atoms with van der Waals surface area (Å²) in [5, 5.41) is 0. The third-order valence-corrected chi connectivity index (χ3v) is 7.32. The third-order valence-electron chi connectivity index (χ3n) is 7.32. The van der Waals surface area contributed by atoms with Crippen molar-refractivity contribution in [2.45, 2.75) is 71.6 Å². The predicted molar refractivity (Wildman–Crippen MR) is 153 cm³/mol. The average molecular weight is 510 g/mol. The molecule has 0 saturated carbocycles. The highest BCUT2D eigenvalue weighted by Gasteiger charge is 2.26. The van der Waals surface area contributed by atoms with Gasteiger partial charge in [-0.25, -0.2) is 4.98 Å². The molecule has 0 N–H and O–H groups in total. The van der Waals surface area contributed by atoms with Gasteiger partial charge in [0.1, 0.15) is 5.82 Å². The summed E-state index contributed by atoms with van der Waals surface area (Å²) in [6.07, 6.45) is 7.82. The fourth-order valence-electron chi connectivity index (χ4n) is 5.31. The van der Waals surface area contributed by atoms with Gasteiger partial charge in [-0.15, -0.1) is 0 Å². The number of benzene rings is 3. The molecule has 198 valence electrons. The lowest BCUT2D eigenvalue weighted by molar-refractivity contribution is 0.159. The number of imidazole rings is 1. The van der Waals surface area contributed by atoms with Crippen molar-refractivity contribution in [3.05, 3.63) is 102 Å². The molecule has 0 spiro atoms. The van der Waals surface area contributed by atoms with E-state index in [0.717, 1.165) is 69.1 Å². The van der Waals surface area contributed by atoms with Crippen molar-refractivity contribution < 1.29 is 9.47 Å². The Morgan fingerprint density at radius 3 is 2.29 bits per heavy atom. The first-order chi connectivity index (χ1) is 18.8. The van der Waals surface area contributed by atoms with Crippen molar-refractivity contribution in [2.24, 2.45) is 0 Å². The number of hydrogen-bond acceptors (Lipinski definition) is 4. The molecule has 0 aliphatic carbocycles. The molecule has 3 aromatic carbocycles. The Morgan fingerprint density at radius 2 is 1.53 bits per heavy atom. The zero-order valence-corrected chi connectivity index (χ0v) is 22.7. The molecule has 2 heterocycles. The second-order valence-electron chi connectivity index (χ2n) is 10.1. The quantitative estimate of drug-likeness (QED) is 0.183. The number of fused-ring (bicyclic) bond motifs is 1. The van der Waals surface area contributed by atoms with Crippen LogP contribution < -0.4 is 9.47 Å². The van der Waals surface area contributed by atoms with Gasteiger partial charge >= 0.3 is 0 Å². The summed E-state index contributed by atoms with van der Waals surface area (Å²) in [5.74, 6) is 2.74. The predicted octanol–water partition coefficient (Wildman–Crippen LogP) is 8.01. The van der Waals surface area contributed by atoms with Crippen molar-refractivity contribution in [3.8, 4) is 22.9 Å². The van der Waals surface area contributed by atoms with Gasteiger partial charge < -0.3 is 14.0 Å². The summed E-state index contributed by atoms with van der Waals surface area (Å²) >= 11 is 0. The van der Waals surface area contributed by atoms with Gasteiger partial charge in [0.05, 0.1) is 17.9 Å². The van der Waals surface area contributed by atoms with E-state index in [4.69, 9.17) is 14.5 Å². The maximum atomic E-state index is 5.71. The van der Waals surface area contributed by atoms with Gasteiger partial charge in [-0.2, -0.15) is 0 Å². The van der Waals surface area contributed by atoms with E-state index in [-0.39, 0.29) is 6.04 Å². The SMILES string of the molecule is CCCCC(c1cnc(-c2ccccc2)n1CCCC)N(Cc1ccccc1)Cc1ccc2c(c1)OCO2. The lowest BCUT2D eigenvalue weighted by Gasteiger charge is -2.33. The number of hydrogen-bond donors (Lipinski definition) is 0. The molecule has 5 heteroatoms. The topological polar surface area (TPSA) is 39.5 Å². The molecule has 1 atom stereocenters. The molecular weight excluding hydrogens is 470 g/mol. The van der Waals surface area contributed by atoms with Crippen molar-refractivity contribution in [3.63, 3.8) is 0 Å². The van der Waals surface area contributed by atoms with Gasteiger partial charge in [0.25, 0.3) is 0 Å². The second kappa shape index (κ2) is 12.8. The van der Waals surface area contributed by atoms with E-state index in [9.17, 15) is 0 Å². The summed E-state index contributed by atoms with van der Waals surface area (Å²) in [7, 11) is 0. The first-order valence-corrected chi connectivity index (χ1v) is 14.0. The van der Waals surface area contributed by atoms with Crippen LogP contribution in [0.4, 0.5) is 0 Å². The van der Waals surface area contributed by atoms with E-state index in [2.05, 4.69) is 102 Å². The molecule has 1 aromatic heterocycles. The first-order valence-electron chi connectivity index (χ1n) is 14.0. The maximum Gasteiger partial charge on any atom is 0.231 e. The third kappa shape index (κ3) is 6.11. The molecule has 38 heavy (non-hydrogen) atoms. The van der Waals surface area contributed by atoms with Crippen LogP contribution >= 0.6 is 0 Å². The summed E-state index contributed by atoms with van der Waals surface area (Å²) in [4.78, 5) is 7.63. The van der Waals surface area contributed by atoms with Crippen molar-refractivity contribution in [1.29, 1.82) is 0 Å². The summed E-state index contributed by atoms with van der Waals surface area (Å²) in [5.41, 5.74) is 5.03. The summed E-state index contributed by atoms with van der Waals surface area (Å²) < 4.78 is 13.8. The molecule has 5 nitrogen and oxygen atoms in total. The van der Waals surface area contributed by atoms with Crippen LogP contribution in [0.1, 0.15) is 68.8 Å². The molecule has 0 saturated heterocycles. The van der Waals surface area contributed by atoms with Gasteiger partial charge in [0.15, 0.2) is 11.5 Å². The molecular formula is C33H39N3O2. The number of unbranched alkanes of at least 4 members (excludes halogenated alkanes) is 2. The molecule has 0 amide bonds. The lowest BCUT2D eigenvalue weighted by atomic mass is 10.0. The average Bonchev–Trinajstić information content (AvgIpc) is 3.60.